The molecule has 1 heterocycles. The van der Waals surface area contributed by atoms with Gasteiger partial charge in [0.2, 0.25) is 0 Å². The van der Waals surface area contributed by atoms with Crippen LogP contribution >= 0.6 is 11.9 Å². The molecule has 0 saturated carbocycles. The van der Waals surface area contributed by atoms with Crippen LogP contribution in [-0.2, 0) is 0 Å². The molecule has 0 amide bonds. The summed E-state index contributed by atoms with van der Waals surface area (Å²) in [5, 5.41) is 1.76. The molecule has 0 aromatic heterocycles. The first-order valence-electron chi connectivity index (χ1n) is 3.09. The number of hydrogen-bond acceptors (Lipinski definition) is 8. The van der Waals surface area contributed by atoms with Crippen LogP contribution in [-0.4, -0.2) is 0 Å². The monoisotopic (exact) mass is 189 g/mol. The summed E-state index contributed by atoms with van der Waals surface area (Å²) in [6, 6.07) is 0. The summed E-state index contributed by atoms with van der Waals surface area (Å²) in [7, 11) is 0. The zero-order chi connectivity index (χ0) is 8.97. The molecule has 0 atom stereocenters. The molecule has 1 rings (SSSR count). The molecule has 0 unspecified atom stereocenters. The predicted octanol–water partition coefficient (Wildman–Crippen LogP) is -2.36. The summed E-state index contributed by atoms with van der Waals surface area (Å²) < 4.78 is 2.88. The fourth-order valence-corrected chi connectivity index (χ4v) is 1.39. The summed E-state index contributed by atoms with van der Waals surface area (Å²) in [4.78, 5) is 0. The van der Waals surface area contributed by atoms with Gasteiger partial charge < -0.3 is 21.0 Å². The molecule has 0 aromatic rings. The Morgan fingerprint density at radius 1 is 1.17 bits per heavy atom. The summed E-state index contributed by atoms with van der Waals surface area (Å²) in [5.41, 5.74) is 8.61. The Morgan fingerprint density at radius 2 is 1.92 bits per heavy atom. The first kappa shape index (κ1) is 9.00. The average molecular weight is 189 g/mol. The molecule has 0 aliphatic carbocycles. The highest BCUT2D eigenvalue weighted by atomic mass is 32.2. The first-order chi connectivity index (χ1) is 5.83. The van der Waals surface area contributed by atoms with Crippen LogP contribution in [0.25, 0.3) is 0 Å². The second-order valence-electron chi connectivity index (χ2n) is 1.93. The maximum atomic E-state index is 5.25. The van der Waals surface area contributed by atoms with Gasteiger partial charge >= 0.3 is 0 Å². The Labute approximate surface area is 73.8 Å². The van der Waals surface area contributed by atoms with Gasteiger partial charge in [0, 0.05) is 5.41 Å². The van der Waals surface area contributed by atoms with Crippen molar-refractivity contribution in [3.8, 4) is 0 Å². The van der Waals surface area contributed by atoms with Gasteiger partial charge in [-0.25, -0.2) is 5.84 Å². The molecule has 12 heavy (non-hydrogen) atoms. The standard InChI is InChI=1S/C4H11N7S/c5-8-2-1-12-11-4(10-7)3(2)9-6/h1,8-11H,5-7H2. The van der Waals surface area contributed by atoms with E-state index >= 15 is 0 Å². The van der Waals surface area contributed by atoms with Crippen molar-refractivity contribution in [1.29, 1.82) is 0 Å². The minimum absolute atomic E-state index is 0.568. The first-order valence-corrected chi connectivity index (χ1v) is 3.97. The lowest BCUT2D eigenvalue weighted by molar-refractivity contribution is 0.736. The normalized spacial score (nSPS) is 16.4. The van der Waals surface area contributed by atoms with E-state index < -0.39 is 0 Å². The smallest absolute Gasteiger partial charge is 0.151 e. The quantitative estimate of drug-likeness (QED) is 0.149. The third-order valence-corrected chi connectivity index (χ3v) is 1.98. The minimum atomic E-state index is 0.568. The molecule has 0 fully saturated rings. The largest absolute Gasteiger partial charge is 0.322 e. The Morgan fingerprint density at radius 3 is 2.42 bits per heavy atom. The Hall–Kier alpha value is -1.09. The second kappa shape index (κ2) is 4.07. The fraction of sp³-hybridized carbons (Fsp3) is 0. The van der Waals surface area contributed by atoms with E-state index in [1.54, 1.807) is 5.41 Å². The van der Waals surface area contributed by atoms with E-state index in [2.05, 4.69) is 21.0 Å². The number of rotatable bonds is 3. The molecule has 7 nitrogen and oxygen atoms in total. The average Bonchev–Trinajstić information content (AvgIpc) is 2.16. The van der Waals surface area contributed by atoms with Crippen LogP contribution in [0, 0.1) is 0 Å². The Kier molecular flexibility index (Phi) is 3.05. The Balaban J connectivity index is 2.89. The molecule has 8 heteroatoms. The molecule has 10 N–H and O–H groups in total. The molecule has 0 spiro atoms. The van der Waals surface area contributed by atoms with Crippen LogP contribution < -0.4 is 38.5 Å². The summed E-state index contributed by atoms with van der Waals surface area (Å²) in [6.45, 7) is 0. The predicted molar refractivity (Wildman–Crippen MR) is 47.8 cm³/mol. The molecule has 0 aromatic carbocycles. The maximum Gasteiger partial charge on any atom is 0.151 e. The minimum Gasteiger partial charge on any atom is -0.322 e. The van der Waals surface area contributed by atoms with Crippen molar-refractivity contribution in [1.82, 2.24) is 21.0 Å². The fourth-order valence-electron chi connectivity index (χ4n) is 0.750. The van der Waals surface area contributed by atoms with Crippen LogP contribution in [0.3, 0.4) is 0 Å². The number of nitrogens with two attached hydrogens (primary N) is 3. The van der Waals surface area contributed by atoms with E-state index in [9.17, 15) is 0 Å². The van der Waals surface area contributed by atoms with Gasteiger partial charge in [-0.2, -0.15) is 0 Å². The van der Waals surface area contributed by atoms with Gasteiger partial charge in [0.05, 0.1) is 5.70 Å². The van der Waals surface area contributed by atoms with Crippen molar-refractivity contribution < 1.29 is 0 Å². The number of hydrogen-bond donors (Lipinski definition) is 7. The number of hydrazine groups is 3. The van der Waals surface area contributed by atoms with Crippen LogP contribution in [0.4, 0.5) is 0 Å². The SMILES string of the molecule is NNC1=CSNC(NN)=C1NN. The molecule has 0 saturated heterocycles. The molecule has 0 radical (unpaired) electrons. The zero-order valence-corrected chi connectivity index (χ0v) is 7.03. The van der Waals surface area contributed by atoms with Gasteiger partial charge in [0.1, 0.15) is 5.70 Å². The highest BCUT2D eigenvalue weighted by Gasteiger charge is 2.13. The van der Waals surface area contributed by atoms with Gasteiger partial charge in [-0.15, -0.1) is 0 Å². The highest BCUT2D eigenvalue weighted by Crippen LogP contribution is 2.15. The van der Waals surface area contributed by atoms with E-state index in [4.69, 9.17) is 17.5 Å². The van der Waals surface area contributed by atoms with Crippen LogP contribution in [0.2, 0.25) is 0 Å². The van der Waals surface area contributed by atoms with Crippen molar-refractivity contribution >= 4 is 11.9 Å². The van der Waals surface area contributed by atoms with Crippen molar-refractivity contribution in [3.63, 3.8) is 0 Å². The van der Waals surface area contributed by atoms with E-state index in [1.165, 1.54) is 11.9 Å². The molecule has 1 aliphatic rings. The van der Waals surface area contributed by atoms with E-state index in [1.807, 2.05) is 0 Å². The topological polar surface area (TPSA) is 126 Å². The van der Waals surface area contributed by atoms with Crippen LogP contribution in [0.5, 0.6) is 0 Å². The summed E-state index contributed by atoms with van der Waals surface area (Å²) in [6.07, 6.45) is 0. The van der Waals surface area contributed by atoms with Crippen LogP contribution in [0.1, 0.15) is 0 Å². The van der Waals surface area contributed by atoms with Crippen molar-refractivity contribution in [3.05, 3.63) is 22.6 Å². The maximum absolute atomic E-state index is 5.25. The van der Waals surface area contributed by atoms with E-state index in [0.29, 0.717) is 17.2 Å². The highest BCUT2D eigenvalue weighted by molar-refractivity contribution is 8.00. The second-order valence-corrected chi connectivity index (χ2v) is 2.61. The lowest BCUT2D eigenvalue weighted by atomic mass is 10.3. The van der Waals surface area contributed by atoms with Gasteiger partial charge in [0.15, 0.2) is 5.82 Å². The summed E-state index contributed by atoms with van der Waals surface area (Å²) >= 11 is 1.33. The molecular weight excluding hydrogens is 178 g/mol. The Bertz CT molecular complexity index is 221. The van der Waals surface area contributed by atoms with Gasteiger partial charge in [-0.1, -0.05) is 0 Å². The third kappa shape index (κ3) is 1.56. The molecule has 68 valence electrons. The summed E-state index contributed by atoms with van der Waals surface area (Å²) in [5.74, 6) is 16.3. The van der Waals surface area contributed by atoms with Crippen molar-refractivity contribution in [2.75, 3.05) is 0 Å². The molecule has 1 aliphatic heterocycles. The lowest BCUT2D eigenvalue weighted by Crippen LogP contribution is -2.40. The van der Waals surface area contributed by atoms with E-state index in [-0.39, 0.29) is 0 Å². The molecular formula is C4H11N7S. The lowest BCUT2D eigenvalue weighted by Gasteiger charge is -2.20. The van der Waals surface area contributed by atoms with E-state index in [0.717, 1.165) is 0 Å². The van der Waals surface area contributed by atoms with Crippen molar-refractivity contribution in [2.24, 2.45) is 17.5 Å². The zero-order valence-electron chi connectivity index (χ0n) is 6.22. The van der Waals surface area contributed by atoms with Gasteiger partial charge in [-0.3, -0.25) is 11.7 Å². The third-order valence-electron chi connectivity index (χ3n) is 1.30. The van der Waals surface area contributed by atoms with Gasteiger partial charge in [0.25, 0.3) is 0 Å². The molecule has 0 bridgehead atoms. The van der Waals surface area contributed by atoms with Crippen LogP contribution in [0.15, 0.2) is 22.6 Å². The number of nitrogens with one attached hydrogen (secondary N) is 4. The van der Waals surface area contributed by atoms with Crippen molar-refractivity contribution in [2.45, 2.75) is 0 Å². The van der Waals surface area contributed by atoms with Gasteiger partial charge in [-0.05, 0) is 11.9 Å².